The molecule has 0 aromatic rings. The lowest BCUT2D eigenvalue weighted by Crippen LogP contribution is -2.56. The minimum Gasteiger partial charge on any atom is -0.346 e. The summed E-state index contributed by atoms with van der Waals surface area (Å²) in [5.74, 6) is 0. The molecule has 11 heavy (non-hydrogen) atoms. The van der Waals surface area contributed by atoms with Crippen molar-refractivity contribution in [2.24, 2.45) is 0 Å². The lowest BCUT2D eigenvalue weighted by atomic mass is 10.5. The van der Waals surface area contributed by atoms with Crippen molar-refractivity contribution >= 4 is 16.5 Å². The summed E-state index contributed by atoms with van der Waals surface area (Å²) < 4.78 is 2.89. The molecule has 0 aliphatic carbocycles. The zero-order chi connectivity index (χ0) is 8.70. The first kappa shape index (κ1) is 9.48. The first-order valence-corrected chi connectivity index (χ1v) is 11.2. The van der Waals surface area contributed by atoms with E-state index in [0.717, 1.165) is 0 Å². The Kier molecular flexibility index (Phi) is 2.34. The van der Waals surface area contributed by atoms with E-state index in [1.54, 1.807) is 0 Å². The fourth-order valence-corrected chi connectivity index (χ4v) is 12.8. The predicted molar refractivity (Wildman–Crippen MR) is 57.0 cm³/mol. The summed E-state index contributed by atoms with van der Waals surface area (Å²) in [5, 5.41) is 0. The molecule has 1 fully saturated rings. The SMILES string of the molecule is C[Si](C)(C)N1CCC[Si]1(C)C. The molecular weight excluding hydrogens is 166 g/mol. The third kappa shape index (κ3) is 1.95. The van der Waals surface area contributed by atoms with Gasteiger partial charge in [0, 0.05) is 0 Å². The van der Waals surface area contributed by atoms with Crippen molar-refractivity contribution in [1.29, 1.82) is 0 Å². The van der Waals surface area contributed by atoms with Crippen molar-refractivity contribution in [3.8, 4) is 0 Å². The van der Waals surface area contributed by atoms with E-state index in [4.69, 9.17) is 0 Å². The molecule has 0 bridgehead atoms. The zero-order valence-electron chi connectivity index (χ0n) is 8.57. The quantitative estimate of drug-likeness (QED) is 0.571. The smallest absolute Gasteiger partial charge is 0.115 e. The Hall–Kier alpha value is 0.394. The number of hydrogen-bond donors (Lipinski definition) is 0. The molecule has 1 aliphatic rings. The molecule has 0 amide bonds. The molecule has 0 spiro atoms. The Morgan fingerprint density at radius 3 is 1.91 bits per heavy atom. The molecule has 1 heterocycles. The maximum atomic E-state index is 2.89. The van der Waals surface area contributed by atoms with Crippen LogP contribution >= 0.6 is 0 Å². The normalized spacial score (nSPS) is 25.9. The van der Waals surface area contributed by atoms with Crippen LogP contribution in [-0.2, 0) is 0 Å². The fraction of sp³-hybridized carbons (Fsp3) is 1.00. The minimum absolute atomic E-state index is 0.910. The molecule has 0 N–H and O–H groups in total. The molecular formula is C8H21NSi2. The summed E-state index contributed by atoms with van der Waals surface area (Å²) in [4.78, 5) is 0. The molecule has 1 saturated heterocycles. The summed E-state index contributed by atoms with van der Waals surface area (Å²) in [5.41, 5.74) is 0. The number of rotatable bonds is 1. The van der Waals surface area contributed by atoms with Gasteiger partial charge in [0.25, 0.3) is 0 Å². The largest absolute Gasteiger partial charge is 0.346 e. The van der Waals surface area contributed by atoms with E-state index in [9.17, 15) is 0 Å². The lowest BCUT2D eigenvalue weighted by molar-refractivity contribution is 0.663. The van der Waals surface area contributed by atoms with Gasteiger partial charge in [0.2, 0.25) is 0 Å². The third-order valence-corrected chi connectivity index (χ3v) is 11.6. The molecule has 66 valence electrons. The summed E-state index contributed by atoms with van der Waals surface area (Å²) in [6.07, 6.45) is 1.46. The second-order valence-electron chi connectivity index (χ2n) is 5.24. The van der Waals surface area contributed by atoms with E-state index >= 15 is 0 Å². The summed E-state index contributed by atoms with van der Waals surface area (Å²) >= 11 is 0. The standard InChI is InChI=1S/C8H21NSi2/c1-10(2,3)9-7-6-8-11(9,4)5/h6-8H2,1-5H3. The van der Waals surface area contributed by atoms with Gasteiger partial charge in [-0.15, -0.1) is 0 Å². The van der Waals surface area contributed by atoms with Crippen LogP contribution < -0.4 is 0 Å². The van der Waals surface area contributed by atoms with E-state index in [1.807, 2.05) is 0 Å². The van der Waals surface area contributed by atoms with Crippen LogP contribution in [0.15, 0.2) is 0 Å². The van der Waals surface area contributed by atoms with Crippen LogP contribution in [0.3, 0.4) is 0 Å². The average Bonchev–Trinajstić information content (AvgIpc) is 2.06. The van der Waals surface area contributed by atoms with Crippen LogP contribution in [0, 0.1) is 0 Å². The van der Waals surface area contributed by atoms with Crippen molar-refractivity contribution in [2.45, 2.75) is 45.2 Å². The van der Waals surface area contributed by atoms with Crippen LogP contribution in [0.2, 0.25) is 38.8 Å². The predicted octanol–water partition coefficient (Wildman–Crippen LogP) is 2.73. The minimum atomic E-state index is -0.965. The van der Waals surface area contributed by atoms with Gasteiger partial charge in [0.15, 0.2) is 0 Å². The van der Waals surface area contributed by atoms with Crippen LogP contribution in [0.25, 0.3) is 0 Å². The molecule has 0 aromatic carbocycles. The Morgan fingerprint density at radius 1 is 1.18 bits per heavy atom. The second kappa shape index (κ2) is 2.71. The van der Waals surface area contributed by atoms with E-state index in [0.29, 0.717) is 0 Å². The first-order valence-electron chi connectivity index (χ1n) is 4.62. The van der Waals surface area contributed by atoms with Gasteiger partial charge >= 0.3 is 0 Å². The molecule has 0 aromatic heterocycles. The molecule has 0 atom stereocenters. The van der Waals surface area contributed by atoms with Gasteiger partial charge in [-0.1, -0.05) is 32.7 Å². The first-order chi connectivity index (χ1) is 4.84. The maximum Gasteiger partial charge on any atom is 0.115 e. The van der Waals surface area contributed by atoms with Crippen LogP contribution in [0.1, 0.15) is 6.42 Å². The van der Waals surface area contributed by atoms with Gasteiger partial charge in [-0.25, -0.2) is 0 Å². The van der Waals surface area contributed by atoms with Crippen molar-refractivity contribution in [2.75, 3.05) is 6.54 Å². The molecule has 1 aliphatic heterocycles. The van der Waals surface area contributed by atoms with Crippen molar-refractivity contribution in [3.05, 3.63) is 0 Å². The van der Waals surface area contributed by atoms with Gasteiger partial charge in [0.05, 0.1) is 0 Å². The molecule has 0 saturated carbocycles. The van der Waals surface area contributed by atoms with E-state index in [2.05, 4.69) is 37.0 Å². The lowest BCUT2D eigenvalue weighted by Gasteiger charge is -2.40. The Bertz CT molecular complexity index is 149. The second-order valence-corrected chi connectivity index (χ2v) is 15.2. The van der Waals surface area contributed by atoms with Gasteiger partial charge in [-0.05, 0) is 19.0 Å². The van der Waals surface area contributed by atoms with Crippen LogP contribution in [-0.4, -0.2) is 27.2 Å². The Labute approximate surface area is 73.0 Å². The average molecular weight is 187 g/mol. The Morgan fingerprint density at radius 2 is 1.73 bits per heavy atom. The van der Waals surface area contributed by atoms with E-state index in [1.165, 1.54) is 19.0 Å². The van der Waals surface area contributed by atoms with Gasteiger partial charge in [0.1, 0.15) is 16.5 Å². The van der Waals surface area contributed by atoms with Gasteiger partial charge in [-0.3, -0.25) is 0 Å². The van der Waals surface area contributed by atoms with Crippen molar-refractivity contribution < 1.29 is 0 Å². The molecule has 0 radical (unpaired) electrons. The van der Waals surface area contributed by atoms with Crippen molar-refractivity contribution in [3.63, 3.8) is 0 Å². The van der Waals surface area contributed by atoms with Crippen LogP contribution in [0.4, 0.5) is 0 Å². The molecule has 1 nitrogen and oxygen atoms in total. The summed E-state index contributed by atoms with van der Waals surface area (Å²) in [6, 6.07) is 1.53. The highest BCUT2D eigenvalue weighted by atomic mass is 28.4. The monoisotopic (exact) mass is 187 g/mol. The highest BCUT2D eigenvalue weighted by Crippen LogP contribution is 2.30. The molecule has 1 rings (SSSR count). The van der Waals surface area contributed by atoms with Gasteiger partial charge in [-0.2, -0.15) is 0 Å². The Balaban J connectivity index is 2.73. The third-order valence-electron chi connectivity index (χ3n) is 2.71. The zero-order valence-corrected chi connectivity index (χ0v) is 10.6. The van der Waals surface area contributed by atoms with Gasteiger partial charge < -0.3 is 4.23 Å². The molecule has 3 heteroatoms. The summed E-state index contributed by atoms with van der Waals surface area (Å²) in [6.45, 7) is 13.9. The van der Waals surface area contributed by atoms with Crippen molar-refractivity contribution in [1.82, 2.24) is 4.23 Å². The van der Waals surface area contributed by atoms with Crippen LogP contribution in [0.5, 0.6) is 0 Å². The topological polar surface area (TPSA) is 3.24 Å². The van der Waals surface area contributed by atoms with E-state index < -0.39 is 16.5 Å². The maximum absolute atomic E-state index is 2.89. The molecule has 0 unspecified atom stereocenters. The highest BCUT2D eigenvalue weighted by molar-refractivity contribution is 6.90. The highest BCUT2D eigenvalue weighted by Gasteiger charge is 2.40. The fourth-order valence-electron chi connectivity index (χ4n) is 2.35. The number of nitrogens with zero attached hydrogens (tertiary/aromatic N) is 1. The summed E-state index contributed by atoms with van der Waals surface area (Å²) in [7, 11) is -1.87. The number of hydrogen-bond acceptors (Lipinski definition) is 1. The van der Waals surface area contributed by atoms with E-state index in [-0.39, 0.29) is 0 Å².